The number of ketones is 1. The molecular formula is C31H32O15. The molecule has 0 aromatic heterocycles. The largest absolute Gasteiger partial charge is 0.508 e. The van der Waals surface area contributed by atoms with Crippen LogP contribution in [0.15, 0.2) is 48.5 Å². The fourth-order valence-electron chi connectivity index (χ4n) is 5.66. The van der Waals surface area contributed by atoms with Crippen LogP contribution in [0.5, 0.6) is 40.2 Å². The summed E-state index contributed by atoms with van der Waals surface area (Å²) in [5.74, 6) is -1.41. The van der Waals surface area contributed by atoms with E-state index in [1.165, 1.54) is 37.4 Å². The molecule has 3 aliphatic heterocycles. The maximum atomic E-state index is 12.9. The summed E-state index contributed by atoms with van der Waals surface area (Å²) in [5.41, 5.74) is 0.509. The van der Waals surface area contributed by atoms with Gasteiger partial charge < -0.3 is 69.3 Å². The molecule has 3 aliphatic rings. The molecule has 15 nitrogen and oxygen atoms in total. The van der Waals surface area contributed by atoms with Gasteiger partial charge in [0, 0.05) is 17.7 Å². The van der Waals surface area contributed by atoms with Crippen LogP contribution in [0.4, 0.5) is 0 Å². The van der Waals surface area contributed by atoms with Gasteiger partial charge in [0.2, 0.25) is 5.78 Å². The number of phenols is 3. The van der Waals surface area contributed by atoms with Crippen molar-refractivity contribution < 1.29 is 74.1 Å². The van der Waals surface area contributed by atoms with E-state index < -0.39 is 73.3 Å². The first-order valence-electron chi connectivity index (χ1n) is 14.2. The molecule has 0 amide bonds. The minimum absolute atomic E-state index is 0.118. The number of rotatable bonds is 7. The maximum Gasteiger partial charge on any atom is 0.202 e. The molecule has 0 unspecified atom stereocenters. The van der Waals surface area contributed by atoms with E-state index in [0.29, 0.717) is 11.1 Å². The van der Waals surface area contributed by atoms with Gasteiger partial charge in [0.25, 0.3) is 0 Å². The van der Waals surface area contributed by atoms with Crippen molar-refractivity contribution in [3.8, 4) is 40.2 Å². The molecule has 1 saturated heterocycles. The van der Waals surface area contributed by atoms with E-state index in [1.54, 1.807) is 6.07 Å². The molecular weight excluding hydrogens is 612 g/mol. The predicted octanol–water partition coefficient (Wildman–Crippen LogP) is 0.187. The predicted molar refractivity (Wildman–Crippen MR) is 152 cm³/mol. The number of ether oxygens (including phenoxy) is 6. The number of carbonyl (C=O) groups excluding carboxylic acids is 1. The first-order chi connectivity index (χ1) is 22.0. The van der Waals surface area contributed by atoms with Gasteiger partial charge in [-0.25, -0.2) is 0 Å². The van der Waals surface area contributed by atoms with Crippen LogP contribution in [0.25, 0.3) is 0 Å². The third kappa shape index (κ3) is 5.62. The Labute approximate surface area is 260 Å². The summed E-state index contributed by atoms with van der Waals surface area (Å²) in [7, 11) is 1.37. The Balaban J connectivity index is 1.30. The second-order valence-electron chi connectivity index (χ2n) is 11.0. The molecule has 1 fully saturated rings. The van der Waals surface area contributed by atoms with Crippen molar-refractivity contribution >= 4 is 5.78 Å². The van der Waals surface area contributed by atoms with Gasteiger partial charge in [-0.3, -0.25) is 4.79 Å². The van der Waals surface area contributed by atoms with Crippen molar-refractivity contribution in [3.05, 3.63) is 65.2 Å². The molecule has 0 spiro atoms. The summed E-state index contributed by atoms with van der Waals surface area (Å²) in [6.45, 7) is -0.932. The SMILES string of the molecule is COc1cc([C@@H]2Oc3cc([C@H]4Oc5cc(O)cc(O)c5C(=O)[C@@H]4O)ccc3O[C@H]2CO[C@@H]2O[C@H](CO)[C@H](O)[C@H](O)[C@H]2O)ccc1O. The standard InChI is InChI=1S/C31H32O15/c1-41-18-6-12(2-4-15(18)34)29-22(11-42-31-28(40)26(38)24(36)21(10-32)46-31)43-17-5-3-13(7-19(17)44-29)30-27(39)25(37)23-16(35)8-14(33)9-20(23)45-30/h2-9,21-22,24,26-36,38-40H,10-11H2,1H3/t21-,22+,24+,26+,27+,28-,29+,30-,31-/m1/s1. The third-order valence-corrected chi connectivity index (χ3v) is 8.09. The van der Waals surface area contributed by atoms with Crippen LogP contribution in [0, 0.1) is 0 Å². The van der Waals surface area contributed by atoms with Gasteiger partial charge in [-0.1, -0.05) is 12.1 Å². The topological polar surface area (TPSA) is 234 Å². The first kappa shape index (κ1) is 31.6. The fourth-order valence-corrected chi connectivity index (χ4v) is 5.66. The van der Waals surface area contributed by atoms with Crippen LogP contribution in [-0.2, 0) is 9.47 Å². The average Bonchev–Trinajstić information content (AvgIpc) is 3.04. The zero-order chi connectivity index (χ0) is 32.9. The van der Waals surface area contributed by atoms with Crippen molar-refractivity contribution in [1.29, 1.82) is 0 Å². The Bertz CT molecular complexity index is 1610. The van der Waals surface area contributed by atoms with Crippen LogP contribution >= 0.6 is 0 Å². The van der Waals surface area contributed by atoms with E-state index in [-0.39, 0.29) is 46.7 Å². The van der Waals surface area contributed by atoms with Crippen LogP contribution in [0.1, 0.15) is 33.7 Å². The number of hydrogen-bond donors (Lipinski definition) is 8. The summed E-state index contributed by atoms with van der Waals surface area (Å²) < 4.78 is 34.8. The van der Waals surface area contributed by atoms with Gasteiger partial charge in [-0.15, -0.1) is 0 Å². The van der Waals surface area contributed by atoms with E-state index >= 15 is 0 Å². The molecule has 46 heavy (non-hydrogen) atoms. The van der Waals surface area contributed by atoms with E-state index in [4.69, 9.17) is 28.4 Å². The number of methoxy groups -OCH3 is 1. The number of aromatic hydroxyl groups is 3. The molecule has 15 heteroatoms. The highest BCUT2D eigenvalue weighted by molar-refractivity contribution is 6.05. The van der Waals surface area contributed by atoms with Gasteiger partial charge in [0.1, 0.15) is 47.2 Å². The van der Waals surface area contributed by atoms with Gasteiger partial charge in [-0.05, 0) is 29.8 Å². The highest BCUT2D eigenvalue weighted by atomic mass is 16.7. The third-order valence-electron chi connectivity index (χ3n) is 8.09. The molecule has 8 N–H and O–H groups in total. The Hall–Kier alpha value is -4.35. The smallest absolute Gasteiger partial charge is 0.202 e. The summed E-state index contributed by atoms with van der Waals surface area (Å²) in [6, 6.07) is 11.1. The Morgan fingerprint density at radius 1 is 0.739 bits per heavy atom. The number of aliphatic hydroxyl groups excluding tert-OH is 5. The number of aliphatic hydroxyl groups is 5. The number of carbonyl (C=O) groups is 1. The lowest BCUT2D eigenvalue weighted by Crippen LogP contribution is -2.59. The second kappa shape index (κ2) is 12.4. The molecule has 3 aromatic carbocycles. The van der Waals surface area contributed by atoms with Crippen LogP contribution in [-0.4, -0.2) is 110 Å². The van der Waals surface area contributed by atoms with Gasteiger partial charge in [-0.2, -0.15) is 0 Å². The number of benzene rings is 3. The fraction of sp³-hybridized carbons (Fsp3) is 0.387. The molecule has 6 rings (SSSR count). The molecule has 0 radical (unpaired) electrons. The molecule has 9 atom stereocenters. The lowest BCUT2D eigenvalue weighted by Gasteiger charge is -2.41. The average molecular weight is 645 g/mol. The van der Waals surface area contributed by atoms with Crippen LogP contribution in [0.3, 0.4) is 0 Å². The Morgan fingerprint density at radius 3 is 2.20 bits per heavy atom. The maximum absolute atomic E-state index is 12.9. The molecule has 246 valence electrons. The summed E-state index contributed by atoms with van der Waals surface area (Å²) in [5, 5.41) is 81.2. The van der Waals surface area contributed by atoms with Gasteiger partial charge in [0.05, 0.1) is 20.3 Å². The molecule has 0 aliphatic carbocycles. The minimum atomic E-state index is -1.71. The lowest BCUT2D eigenvalue weighted by atomic mass is 9.92. The van der Waals surface area contributed by atoms with Crippen LogP contribution in [0.2, 0.25) is 0 Å². The monoisotopic (exact) mass is 644 g/mol. The Kier molecular flexibility index (Phi) is 8.56. The molecule has 3 heterocycles. The Morgan fingerprint density at radius 2 is 1.46 bits per heavy atom. The van der Waals surface area contributed by atoms with E-state index in [1.807, 2.05) is 0 Å². The summed E-state index contributed by atoms with van der Waals surface area (Å²) in [4.78, 5) is 12.9. The van der Waals surface area contributed by atoms with Crippen LogP contribution < -0.4 is 18.9 Å². The first-order valence-corrected chi connectivity index (χ1v) is 14.2. The van der Waals surface area contributed by atoms with E-state index in [9.17, 15) is 45.6 Å². The van der Waals surface area contributed by atoms with Gasteiger partial charge >= 0.3 is 0 Å². The number of hydrogen-bond acceptors (Lipinski definition) is 15. The molecule has 3 aromatic rings. The molecule has 0 saturated carbocycles. The number of fused-ring (bicyclic) bond motifs is 2. The summed E-state index contributed by atoms with van der Waals surface area (Å²) >= 11 is 0. The highest BCUT2D eigenvalue weighted by Crippen LogP contribution is 2.46. The van der Waals surface area contributed by atoms with Crippen molar-refractivity contribution in [1.82, 2.24) is 0 Å². The highest BCUT2D eigenvalue weighted by Gasteiger charge is 2.45. The van der Waals surface area contributed by atoms with Crippen molar-refractivity contribution in [2.24, 2.45) is 0 Å². The zero-order valence-corrected chi connectivity index (χ0v) is 24.2. The number of Topliss-reactive ketones (excluding diaryl/α,β-unsaturated/α-hetero) is 1. The quantitative estimate of drug-likeness (QED) is 0.171. The van der Waals surface area contributed by atoms with Crippen molar-refractivity contribution in [2.45, 2.75) is 55.1 Å². The van der Waals surface area contributed by atoms with E-state index in [2.05, 4.69) is 0 Å². The van der Waals surface area contributed by atoms with E-state index in [0.717, 1.165) is 12.1 Å². The molecule has 0 bridgehead atoms. The van der Waals surface area contributed by atoms with Crippen molar-refractivity contribution in [3.63, 3.8) is 0 Å². The second-order valence-corrected chi connectivity index (χ2v) is 11.0. The minimum Gasteiger partial charge on any atom is -0.508 e. The number of phenolic OH excluding ortho intramolecular Hbond substituents is 3. The normalized spacial score (nSPS) is 30.3. The summed E-state index contributed by atoms with van der Waals surface area (Å²) in [6.07, 6.45) is -12.3. The zero-order valence-electron chi connectivity index (χ0n) is 24.2. The lowest BCUT2D eigenvalue weighted by molar-refractivity contribution is -0.305. The van der Waals surface area contributed by atoms with Gasteiger partial charge in [0.15, 0.2) is 53.7 Å². The van der Waals surface area contributed by atoms with Crippen molar-refractivity contribution in [2.75, 3.05) is 20.3 Å².